The van der Waals surface area contributed by atoms with Crippen molar-refractivity contribution < 1.29 is 9.30 Å². The molecule has 4 heteroatoms. The molecule has 0 N–H and O–H groups in total. The summed E-state index contributed by atoms with van der Waals surface area (Å²) < 4.78 is 8.10. The van der Waals surface area contributed by atoms with Crippen molar-refractivity contribution in [3.63, 3.8) is 0 Å². The predicted molar refractivity (Wildman–Crippen MR) is 118 cm³/mol. The van der Waals surface area contributed by atoms with Crippen LogP contribution in [0.4, 0.5) is 0 Å². The number of hydrogen-bond donors (Lipinski definition) is 0. The standard InChI is InChI=1S/C26H24N3O/c1-26(2,3)25-15-21(22(16-27)17-28)14-23(30-25)11-7-5-9-19-13-20-10-6-8-12-24(20)29(4)18-19/h5-15,18H,1-4H3/q+1/b9-5+,11-7+. The lowest BCUT2D eigenvalue weighted by Gasteiger charge is -2.26. The Balaban J connectivity index is 1.86. The molecule has 0 aliphatic carbocycles. The van der Waals surface area contributed by atoms with Crippen LogP contribution in [0.15, 0.2) is 89.6 Å². The minimum absolute atomic E-state index is 0.0742. The van der Waals surface area contributed by atoms with Gasteiger partial charge in [-0.15, -0.1) is 0 Å². The van der Waals surface area contributed by atoms with Crippen LogP contribution in [0.1, 0.15) is 26.3 Å². The number of allylic oxidation sites excluding steroid dienone is 8. The Hall–Kier alpha value is -3.89. The van der Waals surface area contributed by atoms with Crippen molar-refractivity contribution in [1.82, 2.24) is 0 Å². The second-order valence-corrected chi connectivity index (χ2v) is 8.12. The van der Waals surface area contributed by atoms with Crippen molar-refractivity contribution in [3.05, 3.63) is 95.1 Å². The maximum atomic E-state index is 9.23. The first-order valence-electron chi connectivity index (χ1n) is 9.71. The SMILES string of the molecule is C[n+]1cc(/C=C/C=C/C2=CC(=C(C#N)C#N)C=C(C(C)(C)C)O2)cc2ccccc21. The first kappa shape index (κ1) is 20.8. The Bertz CT molecular complexity index is 1200. The highest BCUT2D eigenvalue weighted by atomic mass is 16.5. The number of hydrogen-bond acceptors (Lipinski definition) is 3. The molecular formula is C26H24N3O+. The monoisotopic (exact) mass is 394 g/mol. The minimum Gasteiger partial charge on any atom is -0.461 e. The van der Waals surface area contributed by atoms with Crippen LogP contribution in [0.25, 0.3) is 17.0 Å². The van der Waals surface area contributed by atoms with Gasteiger partial charge in [-0.05, 0) is 36.4 Å². The van der Waals surface area contributed by atoms with Gasteiger partial charge in [0, 0.05) is 28.0 Å². The number of rotatable bonds is 3. The molecule has 0 saturated carbocycles. The number of nitrogens with zero attached hydrogens (tertiary/aromatic N) is 3. The number of pyridine rings is 1. The van der Waals surface area contributed by atoms with Gasteiger partial charge in [0.15, 0.2) is 6.20 Å². The molecule has 0 spiro atoms. The van der Waals surface area contributed by atoms with E-state index < -0.39 is 0 Å². The third-order valence-corrected chi connectivity index (χ3v) is 4.71. The summed E-state index contributed by atoms with van der Waals surface area (Å²) in [5.74, 6) is 1.31. The average molecular weight is 394 g/mol. The highest BCUT2D eigenvalue weighted by Gasteiger charge is 2.23. The Labute approximate surface area is 177 Å². The third-order valence-electron chi connectivity index (χ3n) is 4.71. The van der Waals surface area contributed by atoms with Gasteiger partial charge in [-0.3, -0.25) is 0 Å². The molecule has 0 radical (unpaired) electrons. The summed E-state index contributed by atoms with van der Waals surface area (Å²) in [4.78, 5) is 0. The summed E-state index contributed by atoms with van der Waals surface area (Å²) >= 11 is 0. The molecule has 2 heterocycles. The van der Waals surface area contributed by atoms with E-state index in [1.807, 2.05) is 76.4 Å². The van der Waals surface area contributed by atoms with Crippen LogP contribution in [0.3, 0.4) is 0 Å². The number of nitriles is 2. The van der Waals surface area contributed by atoms with Gasteiger partial charge < -0.3 is 4.74 Å². The Morgan fingerprint density at radius 2 is 1.73 bits per heavy atom. The molecule has 1 aliphatic heterocycles. The summed E-state index contributed by atoms with van der Waals surface area (Å²) in [6.07, 6.45) is 13.3. The Morgan fingerprint density at radius 1 is 1.03 bits per heavy atom. The largest absolute Gasteiger partial charge is 0.461 e. The number of aryl methyl sites for hydroxylation is 1. The zero-order chi connectivity index (χ0) is 21.7. The van der Waals surface area contributed by atoms with Gasteiger partial charge in [0.05, 0.1) is 0 Å². The van der Waals surface area contributed by atoms with Crippen LogP contribution in [0, 0.1) is 28.1 Å². The molecule has 4 nitrogen and oxygen atoms in total. The van der Waals surface area contributed by atoms with Gasteiger partial charge in [-0.2, -0.15) is 10.5 Å². The molecule has 0 fully saturated rings. The van der Waals surface area contributed by atoms with Crippen LogP contribution in [0.5, 0.6) is 0 Å². The van der Waals surface area contributed by atoms with E-state index in [0.29, 0.717) is 17.1 Å². The number of fused-ring (bicyclic) bond motifs is 1. The normalized spacial score (nSPS) is 14.3. The van der Waals surface area contributed by atoms with Crippen LogP contribution >= 0.6 is 0 Å². The van der Waals surface area contributed by atoms with E-state index in [1.54, 1.807) is 12.2 Å². The molecule has 0 unspecified atom stereocenters. The zero-order valence-electron chi connectivity index (χ0n) is 17.7. The molecule has 0 saturated heterocycles. The van der Waals surface area contributed by atoms with Crippen molar-refractivity contribution in [2.45, 2.75) is 20.8 Å². The van der Waals surface area contributed by atoms with E-state index >= 15 is 0 Å². The molecule has 1 aromatic carbocycles. The van der Waals surface area contributed by atoms with Crippen molar-refractivity contribution >= 4 is 17.0 Å². The van der Waals surface area contributed by atoms with E-state index in [1.165, 1.54) is 10.9 Å². The highest BCUT2D eigenvalue weighted by Crippen LogP contribution is 2.34. The fourth-order valence-corrected chi connectivity index (χ4v) is 3.12. The number of benzene rings is 1. The molecule has 2 aromatic rings. The van der Waals surface area contributed by atoms with Gasteiger partial charge in [0.2, 0.25) is 5.52 Å². The van der Waals surface area contributed by atoms with Crippen LogP contribution < -0.4 is 4.57 Å². The van der Waals surface area contributed by atoms with E-state index in [4.69, 9.17) is 4.74 Å². The first-order valence-corrected chi connectivity index (χ1v) is 9.71. The lowest BCUT2D eigenvalue weighted by Crippen LogP contribution is -2.28. The Morgan fingerprint density at radius 3 is 2.43 bits per heavy atom. The molecule has 0 amide bonds. The summed E-state index contributed by atoms with van der Waals surface area (Å²) in [7, 11) is 2.03. The molecule has 148 valence electrons. The number of para-hydroxylation sites is 1. The van der Waals surface area contributed by atoms with Gasteiger partial charge in [0.25, 0.3) is 0 Å². The topological polar surface area (TPSA) is 60.7 Å². The molecule has 0 atom stereocenters. The molecule has 30 heavy (non-hydrogen) atoms. The van der Waals surface area contributed by atoms with E-state index in [2.05, 4.69) is 29.0 Å². The summed E-state index contributed by atoms with van der Waals surface area (Å²) in [5, 5.41) is 19.6. The third kappa shape index (κ3) is 4.74. The quantitative estimate of drug-likeness (QED) is 0.397. The zero-order valence-corrected chi connectivity index (χ0v) is 17.7. The maximum absolute atomic E-state index is 9.23. The van der Waals surface area contributed by atoms with Crippen LogP contribution in [0.2, 0.25) is 0 Å². The molecule has 1 aromatic heterocycles. The van der Waals surface area contributed by atoms with Crippen LogP contribution in [-0.4, -0.2) is 0 Å². The van der Waals surface area contributed by atoms with Gasteiger partial charge in [-0.1, -0.05) is 45.1 Å². The van der Waals surface area contributed by atoms with Crippen molar-refractivity contribution in [3.8, 4) is 12.1 Å². The van der Waals surface area contributed by atoms with Gasteiger partial charge in [0.1, 0.15) is 36.3 Å². The second kappa shape index (κ2) is 8.64. The number of aromatic nitrogens is 1. The van der Waals surface area contributed by atoms with Crippen molar-refractivity contribution in [1.29, 1.82) is 10.5 Å². The van der Waals surface area contributed by atoms with Gasteiger partial charge >= 0.3 is 0 Å². The van der Waals surface area contributed by atoms with E-state index in [0.717, 1.165) is 5.56 Å². The fourth-order valence-electron chi connectivity index (χ4n) is 3.12. The summed E-state index contributed by atoms with van der Waals surface area (Å²) in [6, 6.07) is 14.3. The lowest BCUT2D eigenvalue weighted by molar-refractivity contribution is -0.645. The number of ether oxygens (including phenoxy) is 1. The predicted octanol–water partition coefficient (Wildman–Crippen LogP) is 5.42. The first-order chi connectivity index (χ1) is 14.3. The maximum Gasteiger partial charge on any atom is 0.212 e. The van der Waals surface area contributed by atoms with Crippen molar-refractivity contribution in [2.24, 2.45) is 12.5 Å². The molecule has 3 rings (SSSR count). The van der Waals surface area contributed by atoms with E-state index in [-0.39, 0.29) is 11.0 Å². The molecule has 0 bridgehead atoms. The van der Waals surface area contributed by atoms with Crippen LogP contribution in [-0.2, 0) is 11.8 Å². The molecular weight excluding hydrogens is 370 g/mol. The van der Waals surface area contributed by atoms with Crippen molar-refractivity contribution in [2.75, 3.05) is 0 Å². The second-order valence-electron chi connectivity index (χ2n) is 8.12. The summed E-state index contributed by atoms with van der Waals surface area (Å²) in [5.41, 5.74) is 2.67. The molecule has 1 aliphatic rings. The van der Waals surface area contributed by atoms with Gasteiger partial charge in [-0.25, -0.2) is 4.57 Å². The lowest BCUT2D eigenvalue weighted by atomic mass is 9.90. The van der Waals surface area contributed by atoms with E-state index in [9.17, 15) is 10.5 Å². The Kier molecular flexibility index (Phi) is 6.00. The smallest absolute Gasteiger partial charge is 0.212 e. The fraction of sp³-hybridized carbons (Fsp3) is 0.192. The minimum atomic E-state index is -0.246. The average Bonchev–Trinajstić information content (AvgIpc) is 2.71. The summed E-state index contributed by atoms with van der Waals surface area (Å²) in [6.45, 7) is 6.09. The highest BCUT2D eigenvalue weighted by molar-refractivity contribution is 5.77.